The molecular formula is C16H16FNO3S. The molecule has 2 rings (SSSR count). The molecule has 0 saturated carbocycles. The van der Waals surface area contributed by atoms with Gasteiger partial charge in [0.1, 0.15) is 5.82 Å². The molecule has 0 saturated heterocycles. The van der Waals surface area contributed by atoms with Crippen LogP contribution in [0.4, 0.5) is 4.39 Å². The van der Waals surface area contributed by atoms with E-state index in [4.69, 9.17) is 5.11 Å². The normalized spacial score (nSPS) is 10.5. The molecule has 1 aromatic carbocycles. The van der Waals surface area contributed by atoms with Gasteiger partial charge in [0.05, 0.1) is 4.88 Å². The number of thiophene rings is 1. The molecule has 0 bridgehead atoms. The molecule has 1 aromatic heterocycles. The summed E-state index contributed by atoms with van der Waals surface area (Å²) in [5.74, 6) is -1.39. The first kappa shape index (κ1) is 16.2. The summed E-state index contributed by atoms with van der Waals surface area (Å²) in [6, 6.07) is 7.93. The van der Waals surface area contributed by atoms with Gasteiger partial charge in [0.2, 0.25) is 0 Å². The number of carbonyl (C=O) groups is 2. The third kappa shape index (κ3) is 4.14. The average molecular weight is 321 g/mol. The molecular weight excluding hydrogens is 305 g/mol. The van der Waals surface area contributed by atoms with Gasteiger partial charge in [-0.25, -0.2) is 4.39 Å². The molecule has 22 heavy (non-hydrogen) atoms. The molecule has 0 atom stereocenters. The van der Waals surface area contributed by atoms with E-state index in [2.05, 4.69) is 5.32 Å². The fourth-order valence-corrected chi connectivity index (χ4v) is 3.10. The lowest BCUT2D eigenvalue weighted by Gasteiger charge is -2.01. The van der Waals surface area contributed by atoms with E-state index in [9.17, 15) is 14.0 Å². The lowest BCUT2D eigenvalue weighted by molar-refractivity contribution is -0.137. The standard InChI is InChI=1S/C16H16FNO3S/c1-10-9-13(16(21)18-8-2-3-14(19)20)22-15(10)11-4-6-12(17)7-5-11/h4-7,9H,2-3,8H2,1H3,(H,18,21)(H,19,20). The van der Waals surface area contributed by atoms with Gasteiger partial charge < -0.3 is 10.4 Å². The second-order valence-electron chi connectivity index (χ2n) is 4.88. The number of aliphatic carboxylic acids is 1. The van der Waals surface area contributed by atoms with Crippen molar-refractivity contribution in [2.45, 2.75) is 19.8 Å². The van der Waals surface area contributed by atoms with Crippen molar-refractivity contribution in [3.8, 4) is 10.4 Å². The summed E-state index contributed by atoms with van der Waals surface area (Å²) in [6.07, 6.45) is 0.431. The number of carboxylic acid groups (broad SMARTS) is 1. The summed E-state index contributed by atoms with van der Waals surface area (Å²) < 4.78 is 13.0. The minimum absolute atomic E-state index is 0.0323. The molecule has 2 N–H and O–H groups in total. The Morgan fingerprint density at radius 3 is 2.59 bits per heavy atom. The Kier molecular flexibility index (Phi) is 5.27. The highest BCUT2D eigenvalue weighted by Crippen LogP contribution is 2.32. The zero-order valence-electron chi connectivity index (χ0n) is 12.1. The number of carbonyl (C=O) groups excluding carboxylic acids is 1. The molecule has 0 aliphatic heterocycles. The van der Waals surface area contributed by atoms with Crippen LogP contribution in [0, 0.1) is 12.7 Å². The number of hydrogen-bond acceptors (Lipinski definition) is 3. The number of hydrogen-bond donors (Lipinski definition) is 2. The van der Waals surface area contributed by atoms with Gasteiger partial charge in [-0.2, -0.15) is 0 Å². The molecule has 2 aromatic rings. The lowest BCUT2D eigenvalue weighted by atomic mass is 10.1. The van der Waals surface area contributed by atoms with Gasteiger partial charge in [0, 0.05) is 17.8 Å². The van der Waals surface area contributed by atoms with Crippen LogP contribution < -0.4 is 5.32 Å². The highest BCUT2D eigenvalue weighted by atomic mass is 32.1. The summed E-state index contributed by atoms with van der Waals surface area (Å²) in [5, 5.41) is 11.2. The maximum atomic E-state index is 13.0. The number of benzene rings is 1. The first-order valence-corrected chi connectivity index (χ1v) is 7.65. The number of nitrogens with one attached hydrogen (secondary N) is 1. The number of aryl methyl sites for hydroxylation is 1. The van der Waals surface area contributed by atoms with Crippen molar-refractivity contribution in [3.63, 3.8) is 0 Å². The van der Waals surface area contributed by atoms with Crippen LogP contribution in [0.3, 0.4) is 0 Å². The highest BCUT2D eigenvalue weighted by molar-refractivity contribution is 7.17. The Bertz CT molecular complexity index is 679. The van der Waals surface area contributed by atoms with E-state index in [-0.39, 0.29) is 18.1 Å². The molecule has 0 aliphatic carbocycles. The molecule has 0 unspecified atom stereocenters. The summed E-state index contributed by atoms with van der Waals surface area (Å²) in [7, 11) is 0. The van der Waals surface area contributed by atoms with E-state index in [1.807, 2.05) is 6.92 Å². The van der Waals surface area contributed by atoms with Crippen molar-refractivity contribution in [1.82, 2.24) is 5.32 Å². The molecule has 0 radical (unpaired) electrons. The zero-order chi connectivity index (χ0) is 16.1. The van der Waals surface area contributed by atoms with Gasteiger partial charge in [0.25, 0.3) is 5.91 Å². The number of carboxylic acids is 1. The minimum atomic E-state index is -0.875. The van der Waals surface area contributed by atoms with Gasteiger partial charge >= 0.3 is 5.97 Å². The van der Waals surface area contributed by atoms with Crippen LogP contribution in [0.2, 0.25) is 0 Å². The molecule has 6 heteroatoms. The van der Waals surface area contributed by atoms with Gasteiger partial charge in [-0.15, -0.1) is 11.3 Å². The molecule has 116 valence electrons. The smallest absolute Gasteiger partial charge is 0.303 e. The zero-order valence-corrected chi connectivity index (χ0v) is 12.9. The summed E-state index contributed by atoms with van der Waals surface area (Å²) >= 11 is 1.34. The Hall–Kier alpha value is -2.21. The van der Waals surface area contributed by atoms with Crippen molar-refractivity contribution in [1.29, 1.82) is 0 Å². The largest absolute Gasteiger partial charge is 0.481 e. The fraction of sp³-hybridized carbons (Fsp3) is 0.250. The number of amides is 1. The highest BCUT2D eigenvalue weighted by Gasteiger charge is 2.13. The topological polar surface area (TPSA) is 66.4 Å². The first-order valence-electron chi connectivity index (χ1n) is 6.83. The molecule has 4 nitrogen and oxygen atoms in total. The van der Waals surface area contributed by atoms with Crippen LogP contribution in [0.25, 0.3) is 10.4 Å². The maximum absolute atomic E-state index is 13.0. The van der Waals surface area contributed by atoms with Crippen molar-refractivity contribution in [2.24, 2.45) is 0 Å². The fourth-order valence-electron chi connectivity index (χ4n) is 2.01. The van der Waals surface area contributed by atoms with E-state index < -0.39 is 5.97 Å². The van der Waals surface area contributed by atoms with Crippen LogP contribution in [0.1, 0.15) is 28.1 Å². The molecule has 1 amide bonds. The lowest BCUT2D eigenvalue weighted by Crippen LogP contribution is -2.23. The second-order valence-corrected chi connectivity index (χ2v) is 5.94. The van der Waals surface area contributed by atoms with E-state index in [0.29, 0.717) is 17.8 Å². The van der Waals surface area contributed by atoms with Crippen molar-refractivity contribution in [2.75, 3.05) is 6.54 Å². The minimum Gasteiger partial charge on any atom is -0.481 e. The first-order chi connectivity index (χ1) is 10.5. The second kappa shape index (κ2) is 7.17. The van der Waals surface area contributed by atoms with Crippen LogP contribution >= 0.6 is 11.3 Å². The van der Waals surface area contributed by atoms with E-state index in [0.717, 1.165) is 16.0 Å². The van der Waals surface area contributed by atoms with Gasteiger partial charge in [0.15, 0.2) is 0 Å². The van der Waals surface area contributed by atoms with Crippen LogP contribution in [-0.2, 0) is 4.79 Å². The number of rotatable bonds is 6. The van der Waals surface area contributed by atoms with E-state index in [1.165, 1.54) is 23.5 Å². The molecule has 1 heterocycles. The third-order valence-corrected chi connectivity index (χ3v) is 4.39. The average Bonchev–Trinajstić information content (AvgIpc) is 2.86. The van der Waals surface area contributed by atoms with Crippen LogP contribution in [0.5, 0.6) is 0 Å². The molecule has 0 aliphatic rings. The predicted octanol–water partition coefficient (Wildman–Crippen LogP) is 3.46. The Balaban J connectivity index is 2.04. The summed E-state index contributed by atoms with van der Waals surface area (Å²) in [6.45, 7) is 2.23. The van der Waals surface area contributed by atoms with Crippen molar-refractivity contribution >= 4 is 23.2 Å². The predicted molar refractivity (Wildman–Crippen MR) is 83.7 cm³/mol. The number of halogens is 1. The Morgan fingerprint density at radius 1 is 1.27 bits per heavy atom. The summed E-state index contributed by atoms with van der Waals surface area (Å²) in [5.41, 5.74) is 1.82. The maximum Gasteiger partial charge on any atom is 0.303 e. The Labute approximate surface area is 131 Å². The van der Waals surface area contributed by atoms with Gasteiger partial charge in [-0.1, -0.05) is 12.1 Å². The van der Waals surface area contributed by atoms with Crippen LogP contribution in [0.15, 0.2) is 30.3 Å². The Morgan fingerprint density at radius 2 is 1.95 bits per heavy atom. The molecule has 0 fully saturated rings. The SMILES string of the molecule is Cc1cc(C(=O)NCCCC(=O)O)sc1-c1ccc(F)cc1. The quantitative estimate of drug-likeness (QED) is 0.801. The van der Waals surface area contributed by atoms with E-state index in [1.54, 1.807) is 18.2 Å². The van der Waals surface area contributed by atoms with E-state index >= 15 is 0 Å². The monoisotopic (exact) mass is 321 g/mol. The van der Waals surface area contributed by atoms with Crippen molar-refractivity contribution in [3.05, 3.63) is 46.6 Å². The van der Waals surface area contributed by atoms with Crippen molar-refractivity contribution < 1.29 is 19.1 Å². The van der Waals surface area contributed by atoms with Gasteiger partial charge in [-0.3, -0.25) is 9.59 Å². The summed E-state index contributed by atoms with van der Waals surface area (Å²) in [4.78, 5) is 23.9. The van der Waals surface area contributed by atoms with Crippen LogP contribution in [-0.4, -0.2) is 23.5 Å². The third-order valence-electron chi connectivity index (χ3n) is 3.10. The van der Waals surface area contributed by atoms with Gasteiger partial charge in [-0.05, 0) is 42.7 Å². The molecule has 0 spiro atoms.